The minimum atomic E-state index is -0.456. The van der Waals surface area contributed by atoms with Gasteiger partial charge in [0.1, 0.15) is 6.33 Å². The van der Waals surface area contributed by atoms with E-state index < -0.39 is 4.92 Å². The van der Waals surface area contributed by atoms with Crippen LogP contribution in [-0.2, 0) is 0 Å². The van der Waals surface area contributed by atoms with Crippen LogP contribution in [0.1, 0.15) is 18.2 Å². The first kappa shape index (κ1) is 13.3. The molecule has 0 saturated carbocycles. The van der Waals surface area contributed by atoms with E-state index in [4.69, 9.17) is 11.6 Å². The lowest BCUT2D eigenvalue weighted by atomic mass is 10.2. The highest BCUT2D eigenvalue weighted by molar-refractivity contribution is 6.30. The summed E-state index contributed by atoms with van der Waals surface area (Å²) in [4.78, 5) is 14.2. The van der Waals surface area contributed by atoms with Gasteiger partial charge in [0.2, 0.25) is 5.70 Å². The highest BCUT2D eigenvalue weighted by Crippen LogP contribution is 2.22. The molecule has 0 spiro atoms. The van der Waals surface area contributed by atoms with Crippen molar-refractivity contribution in [3.05, 3.63) is 62.8 Å². The molecule has 1 heterocycles. The van der Waals surface area contributed by atoms with E-state index in [9.17, 15) is 10.1 Å². The fourth-order valence-corrected chi connectivity index (χ4v) is 1.82. The Bertz CT molecular complexity index is 644. The van der Waals surface area contributed by atoms with Crippen LogP contribution in [0.3, 0.4) is 0 Å². The molecule has 0 atom stereocenters. The van der Waals surface area contributed by atoms with Gasteiger partial charge in [-0.1, -0.05) is 29.3 Å². The standard InChI is InChI=1S/C13H12ClN3O2/c1-9-3-5-11(6-4-9)16-8-15-13(14)12(16)7-10(2)17(18)19/h3-8H,1-2H3. The number of hydrogen-bond acceptors (Lipinski definition) is 3. The van der Waals surface area contributed by atoms with Gasteiger partial charge >= 0.3 is 0 Å². The molecule has 1 aromatic carbocycles. The van der Waals surface area contributed by atoms with Crippen molar-refractivity contribution in [2.75, 3.05) is 0 Å². The van der Waals surface area contributed by atoms with E-state index >= 15 is 0 Å². The third-order valence-electron chi connectivity index (χ3n) is 2.70. The Morgan fingerprint density at radius 1 is 1.42 bits per heavy atom. The molecule has 0 aliphatic carbocycles. The average Bonchev–Trinajstić information content (AvgIpc) is 2.72. The number of hydrogen-bond donors (Lipinski definition) is 0. The number of allylic oxidation sites excluding steroid dienone is 1. The SMILES string of the molecule is CC(=Cc1c(Cl)ncn1-c1ccc(C)cc1)[N+](=O)[O-]. The Kier molecular flexibility index (Phi) is 3.66. The van der Waals surface area contributed by atoms with Crippen LogP contribution in [0.4, 0.5) is 0 Å². The van der Waals surface area contributed by atoms with Crippen molar-refractivity contribution in [2.24, 2.45) is 0 Å². The predicted octanol–water partition coefficient (Wildman–Crippen LogP) is 3.47. The van der Waals surface area contributed by atoms with Crippen LogP contribution >= 0.6 is 11.6 Å². The van der Waals surface area contributed by atoms with E-state index in [1.807, 2.05) is 31.2 Å². The summed E-state index contributed by atoms with van der Waals surface area (Å²) < 4.78 is 1.72. The van der Waals surface area contributed by atoms with Crippen molar-refractivity contribution >= 4 is 17.7 Å². The van der Waals surface area contributed by atoms with Crippen LogP contribution < -0.4 is 0 Å². The zero-order valence-corrected chi connectivity index (χ0v) is 11.3. The summed E-state index contributed by atoms with van der Waals surface area (Å²) in [5, 5.41) is 10.9. The number of aromatic nitrogens is 2. The first-order valence-electron chi connectivity index (χ1n) is 5.61. The number of nitro groups is 1. The number of halogens is 1. The second kappa shape index (κ2) is 5.24. The molecular formula is C13H12ClN3O2. The lowest BCUT2D eigenvalue weighted by Crippen LogP contribution is -1.98. The number of benzene rings is 1. The Hall–Kier alpha value is -2.14. The zero-order valence-electron chi connectivity index (χ0n) is 10.5. The fourth-order valence-electron chi connectivity index (χ4n) is 1.63. The normalized spacial score (nSPS) is 11.6. The van der Waals surface area contributed by atoms with Crippen molar-refractivity contribution < 1.29 is 4.92 Å². The maximum Gasteiger partial charge on any atom is 0.245 e. The smallest absolute Gasteiger partial charge is 0.245 e. The summed E-state index contributed by atoms with van der Waals surface area (Å²) in [6.07, 6.45) is 2.96. The molecule has 5 nitrogen and oxygen atoms in total. The molecule has 6 heteroatoms. The molecule has 0 bridgehead atoms. The number of nitrogens with zero attached hydrogens (tertiary/aromatic N) is 3. The maximum atomic E-state index is 10.7. The summed E-state index contributed by atoms with van der Waals surface area (Å²) in [6.45, 7) is 3.41. The van der Waals surface area contributed by atoms with Crippen LogP contribution in [0, 0.1) is 17.0 Å². The molecule has 0 amide bonds. The first-order chi connectivity index (χ1) is 8.99. The van der Waals surface area contributed by atoms with Gasteiger partial charge in [-0.3, -0.25) is 14.7 Å². The molecule has 0 fully saturated rings. The summed E-state index contributed by atoms with van der Waals surface area (Å²) in [5.41, 5.74) is 2.50. The second-order valence-electron chi connectivity index (χ2n) is 4.17. The predicted molar refractivity (Wildman–Crippen MR) is 74.0 cm³/mol. The lowest BCUT2D eigenvalue weighted by molar-refractivity contribution is -0.422. The van der Waals surface area contributed by atoms with Crippen molar-refractivity contribution in [2.45, 2.75) is 13.8 Å². The Labute approximate surface area is 115 Å². The highest BCUT2D eigenvalue weighted by atomic mass is 35.5. The van der Waals surface area contributed by atoms with E-state index in [0.717, 1.165) is 11.3 Å². The minimum Gasteiger partial charge on any atom is -0.298 e. The molecular weight excluding hydrogens is 266 g/mol. The van der Waals surface area contributed by atoms with Gasteiger partial charge < -0.3 is 0 Å². The van der Waals surface area contributed by atoms with E-state index in [2.05, 4.69) is 4.98 Å². The molecule has 19 heavy (non-hydrogen) atoms. The monoisotopic (exact) mass is 277 g/mol. The first-order valence-corrected chi connectivity index (χ1v) is 5.99. The number of rotatable bonds is 3. The maximum absolute atomic E-state index is 10.7. The molecule has 0 unspecified atom stereocenters. The highest BCUT2D eigenvalue weighted by Gasteiger charge is 2.12. The van der Waals surface area contributed by atoms with Crippen LogP contribution in [0.25, 0.3) is 11.8 Å². The zero-order chi connectivity index (χ0) is 14.0. The fraction of sp³-hybridized carbons (Fsp3) is 0.154. The minimum absolute atomic E-state index is 0.00996. The van der Waals surface area contributed by atoms with Crippen molar-refractivity contribution in [3.63, 3.8) is 0 Å². The van der Waals surface area contributed by atoms with Crippen molar-refractivity contribution in [1.82, 2.24) is 9.55 Å². The second-order valence-corrected chi connectivity index (χ2v) is 4.53. The van der Waals surface area contributed by atoms with Gasteiger partial charge in [-0.2, -0.15) is 0 Å². The van der Waals surface area contributed by atoms with Gasteiger partial charge in [0.05, 0.1) is 10.6 Å². The number of aryl methyl sites for hydroxylation is 1. The number of imidazole rings is 1. The quantitative estimate of drug-likeness (QED) is 0.637. The van der Waals surface area contributed by atoms with Crippen molar-refractivity contribution in [1.29, 1.82) is 0 Å². The topological polar surface area (TPSA) is 61.0 Å². The Balaban J connectivity index is 2.51. The summed E-state index contributed by atoms with van der Waals surface area (Å²) in [6, 6.07) is 7.73. The van der Waals surface area contributed by atoms with E-state index in [0.29, 0.717) is 5.69 Å². The molecule has 98 valence electrons. The van der Waals surface area contributed by atoms with Gasteiger partial charge in [-0.05, 0) is 19.1 Å². The Morgan fingerprint density at radius 3 is 2.63 bits per heavy atom. The van der Waals surface area contributed by atoms with E-state index in [1.165, 1.54) is 13.0 Å². The molecule has 0 N–H and O–H groups in total. The van der Waals surface area contributed by atoms with Crippen LogP contribution in [-0.4, -0.2) is 14.5 Å². The van der Waals surface area contributed by atoms with E-state index in [-0.39, 0.29) is 10.9 Å². The average molecular weight is 278 g/mol. The van der Waals surface area contributed by atoms with Gasteiger partial charge in [-0.15, -0.1) is 0 Å². The lowest BCUT2D eigenvalue weighted by Gasteiger charge is -2.05. The Morgan fingerprint density at radius 2 is 2.05 bits per heavy atom. The van der Waals surface area contributed by atoms with Crippen LogP contribution in [0.15, 0.2) is 36.3 Å². The molecule has 0 aliphatic heterocycles. The summed E-state index contributed by atoms with van der Waals surface area (Å²) in [7, 11) is 0. The summed E-state index contributed by atoms with van der Waals surface area (Å²) >= 11 is 5.98. The third kappa shape index (κ3) is 2.82. The van der Waals surface area contributed by atoms with Crippen molar-refractivity contribution in [3.8, 4) is 5.69 Å². The molecule has 1 aromatic heterocycles. The molecule has 0 radical (unpaired) electrons. The van der Waals surface area contributed by atoms with Crippen LogP contribution in [0.2, 0.25) is 5.15 Å². The molecule has 0 aliphatic rings. The van der Waals surface area contributed by atoms with Gasteiger partial charge in [-0.25, -0.2) is 4.98 Å². The molecule has 2 aromatic rings. The van der Waals surface area contributed by atoms with Crippen LogP contribution in [0.5, 0.6) is 0 Å². The van der Waals surface area contributed by atoms with E-state index in [1.54, 1.807) is 10.9 Å². The third-order valence-corrected chi connectivity index (χ3v) is 2.99. The molecule has 0 saturated heterocycles. The summed E-state index contributed by atoms with van der Waals surface area (Å²) in [5.74, 6) is 0. The van der Waals surface area contributed by atoms with Gasteiger partial charge in [0.15, 0.2) is 5.15 Å². The largest absolute Gasteiger partial charge is 0.298 e. The molecule has 2 rings (SSSR count). The van der Waals surface area contributed by atoms with Gasteiger partial charge in [0.25, 0.3) is 0 Å². The van der Waals surface area contributed by atoms with Gasteiger partial charge in [0, 0.05) is 18.7 Å².